The molecule has 1 aliphatic carbocycles. The molecule has 1 rings (SSSR count). The maximum atomic E-state index is 11.7. The highest BCUT2D eigenvalue weighted by Gasteiger charge is 2.18. The summed E-state index contributed by atoms with van der Waals surface area (Å²) >= 11 is 5.90. The van der Waals surface area contributed by atoms with E-state index in [1.807, 2.05) is 13.8 Å². The number of hydrogen-bond donors (Lipinski definition) is 1. The van der Waals surface area contributed by atoms with E-state index in [2.05, 4.69) is 5.32 Å². The maximum absolute atomic E-state index is 11.7. The lowest BCUT2D eigenvalue weighted by molar-refractivity contribution is -0.122. The average molecular weight is 246 g/mol. The molecule has 1 N–H and O–H groups in total. The fourth-order valence-corrected chi connectivity index (χ4v) is 2.80. The summed E-state index contributed by atoms with van der Waals surface area (Å²) in [7, 11) is 0. The first-order valence-corrected chi connectivity index (χ1v) is 6.95. The summed E-state index contributed by atoms with van der Waals surface area (Å²) in [6, 6.07) is 0.198. The second-order valence-electron chi connectivity index (χ2n) is 5.19. The van der Waals surface area contributed by atoms with Gasteiger partial charge in [0, 0.05) is 17.8 Å². The van der Waals surface area contributed by atoms with Crippen molar-refractivity contribution in [1.82, 2.24) is 5.32 Å². The van der Waals surface area contributed by atoms with Gasteiger partial charge in [-0.3, -0.25) is 4.79 Å². The van der Waals surface area contributed by atoms with Gasteiger partial charge in [0.2, 0.25) is 5.91 Å². The third-order valence-electron chi connectivity index (χ3n) is 3.28. The molecule has 0 aliphatic heterocycles. The van der Waals surface area contributed by atoms with Gasteiger partial charge < -0.3 is 5.32 Å². The Kier molecular flexibility index (Phi) is 6.18. The summed E-state index contributed by atoms with van der Waals surface area (Å²) in [5.74, 6) is 0.825. The van der Waals surface area contributed by atoms with Crippen molar-refractivity contribution in [2.24, 2.45) is 5.92 Å². The molecular weight excluding hydrogens is 222 g/mol. The van der Waals surface area contributed by atoms with Crippen LogP contribution in [0.2, 0.25) is 0 Å². The second kappa shape index (κ2) is 7.16. The summed E-state index contributed by atoms with van der Waals surface area (Å²) in [5.41, 5.74) is 0. The molecule has 2 atom stereocenters. The standard InChI is InChI=1S/C13H24ClNO/c1-10(14)8-11(2)15-13(16)9-12-6-4-3-5-7-12/h10-12H,3-9H2,1-2H3,(H,15,16). The van der Waals surface area contributed by atoms with Gasteiger partial charge in [0.25, 0.3) is 0 Å². The van der Waals surface area contributed by atoms with Gasteiger partial charge in [0.1, 0.15) is 0 Å². The van der Waals surface area contributed by atoms with Crippen molar-refractivity contribution < 1.29 is 4.79 Å². The topological polar surface area (TPSA) is 29.1 Å². The summed E-state index contributed by atoms with van der Waals surface area (Å²) in [6.07, 6.45) is 7.96. The minimum atomic E-state index is 0.130. The van der Waals surface area contributed by atoms with Crippen molar-refractivity contribution in [1.29, 1.82) is 0 Å². The molecule has 0 aromatic carbocycles. The van der Waals surface area contributed by atoms with Crippen molar-refractivity contribution >= 4 is 17.5 Å². The van der Waals surface area contributed by atoms with Crippen LogP contribution in [0.15, 0.2) is 0 Å². The molecule has 1 aliphatic rings. The molecule has 2 unspecified atom stereocenters. The van der Waals surface area contributed by atoms with E-state index in [0.29, 0.717) is 12.3 Å². The Labute approximate surface area is 104 Å². The van der Waals surface area contributed by atoms with Crippen molar-refractivity contribution in [2.75, 3.05) is 0 Å². The van der Waals surface area contributed by atoms with E-state index in [-0.39, 0.29) is 17.3 Å². The molecule has 1 amide bonds. The number of carbonyl (C=O) groups excluding carboxylic acids is 1. The van der Waals surface area contributed by atoms with Crippen LogP contribution in [0.25, 0.3) is 0 Å². The number of amides is 1. The van der Waals surface area contributed by atoms with Crippen LogP contribution in [-0.2, 0) is 4.79 Å². The monoisotopic (exact) mass is 245 g/mol. The Hall–Kier alpha value is -0.240. The molecule has 94 valence electrons. The molecule has 0 radical (unpaired) electrons. The number of carbonyl (C=O) groups is 1. The molecule has 0 spiro atoms. The third kappa shape index (κ3) is 5.74. The number of alkyl halides is 1. The molecule has 0 heterocycles. The van der Waals surface area contributed by atoms with E-state index >= 15 is 0 Å². The quantitative estimate of drug-likeness (QED) is 0.739. The second-order valence-corrected chi connectivity index (χ2v) is 5.94. The molecule has 2 nitrogen and oxygen atoms in total. The highest BCUT2D eigenvalue weighted by Crippen LogP contribution is 2.26. The first kappa shape index (κ1) is 13.8. The number of nitrogens with one attached hydrogen (secondary N) is 1. The highest BCUT2D eigenvalue weighted by atomic mass is 35.5. The number of halogens is 1. The van der Waals surface area contributed by atoms with Crippen molar-refractivity contribution in [3.05, 3.63) is 0 Å². The molecule has 16 heavy (non-hydrogen) atoms. The summed E-state index contributed by atoms with van der Waals surface area (Å²) in [5, 5.41) is 3.16. The first-order valence-electron chi connectivity index (χ1n) is 6.51. The Balaban J connectivity index is 2.18. The fourth-order valence-electron chi connectivity index (χ4n) is 2.53. The van der Waals surface area contributed by atoms with Gasteiger partial charge in [-0.1, -0.05) is 19.3 Å². The van der Waals surface area contributed by atoms with Crippen molar-refractivity contribution in [2.45, 2.75) is 70.2 Å². The predicted octanol–water partition coefficient (Wildman–Crippen LogP) is 3.48. The van der Waals surface area contributed by atoms with Crippen LogP contribution in [0.1, 0.15) is 58.8 Å². The molecule has 0 aromatic rings. The van der Waals surface area contributed by atoms with Gasteiger partial charge in [-0.15, -0.1) is 11.6 Å². The van der Waals surface area contributed by atoms with E-state index in [4.69, 9.17) is 11.6 Å². The fraction of sp³-hybridized carbons (Fsp3) is 0.923. The van der Waals surface area contributed by atoms with Crippen LogP contribution < -0.4 is 5.32 Å². The molecular formula is C13H24ClNO. The van der Waals surface area contributed by atoms with E-state index in [1.165, 1.54) is 32.1 Å². The maximum Gasteiger partial charge on any atom is 0.220 e. The Morgan fingerprint density at radius 1 is 1.31 bits per heavy atom. The summed E-state index contributed by atoms with van der Waals surface area (Å²) in [6.45, 7) is 3.99. The summed E-state index contributed by atoms with van der Waals surface area (Å²) in [4.78, 5) is 11.7. The number of rotatable bonds is 5. The predicted molar refractivity (Wildman–Crippen MR) is 68.7 cm³/mol. The van der Waals surface area contributed by atoms with E-state index < -0.39 is 0 Å². The van der Waals surface area contributed by atoms with Crippen molar-refractivity contribution in [3.63, 3.8) is 0 Å². The lowest BCUT2D eigenvalue weighted by Crippen LogP contribution is -2.35. The Bertz CT molecular complexity index is 212. The van der Waals surface area contributed by atoms with E-state index in [1.54, 1.807) is 0 Å². The van der Waals surface area contributed by atoms with Gasteiger partial charge in [-0.2, -0.15) is 0 Å². The van der Waals surface area contributed by atoms with Crippen molar-refractivity contribution in [3.8, 4) is 0 Å². The smallest absolute Gasteiger partial charge is 0.220 e. The minimum absolute atomic E-state index is 0.130. The van der Waals surface area contributed by atoms with Crippen LogP contribution >= 0.6 is 11.6 Å². The zero-order valence-corrected chi connectivity index (χ0v) is 11.2. The third-order valence-corrected chi connectivity index (χ3v) is 3.46. The van der Waals surface area contributed by atoms with Gasteiger partial charge in [-0.05, 0) is 39.0 Å². The largest absolute Gasteiger partial charge is 0.354 e. The zero-order valence-electron chi connectivity index (χ0n) is 10.5. The SMILES string of the molecule is CC(Cl)CC(C)NC(=O)CC1CCCCC1. The molecule has 0 aromatic heterocycles. The van der Waals surface area contributed by atoms with Crippen LogP contribution in [0.5, 0.6) is 0 Å². The van der Waals surface area contributed by atoms with Crippen LogP contribution in [-0.4, -0.2) is 17.3 Å². The highest BCUT2D eigenvalue weighted by molar-refractivity contribution is 6.20. The molecule has 0 bridgehead atoms. The first-order chi connectivity index (χ1) is 7.58. The minimum Gasteiger partial charge on any atom is -0.354 e. The van der Waals surface area contributed by atoms with Crippen LogP contribution in [0.4, 0.5) is 0 Å². The Morgan fingerprint density at radius 3 is 2.50 bits per heavy atom. The van der Waals surface area contributed by atoms with Gasteiger partial charge in [-0.25, -0.2) is 0 Å². The normalized spacial score (nSPS) is 21.4. The molecule has 1 fully saturated rings. The lowest BCUT2D eigenvalue weighted by atomic mass is 9.87. The molecule has 0 saturated heterocycles. The number of hydrogen-bond acceptors (Lipinski definition) is 1. The molecule has 1 saturated carbocycles. The molecule has 3 heteroatoms. The summed E-state index contributed by atoms with van der Waals surface area (Å²) < 4.78 is 0. The average Bonchev–Trinajstić information content (AvgIpc) is 2.17. The van der Waals surface area contributed by atoms with Crippen LogP contribution in [0.3, 0.4) is 0 Å². The zero-order chi connectivity index (χ0) is 12.0. The van der Waals surface area contributed by atoms with E-state index in [9.17, 15) is 4.79 Å². The van der Waals surface area contributed by atoms with E-state index in [0.717, 1.165) is 6.42 Å². The van der Waals surface area contributed by atoms with Crippen LogP contribution in [0, 0.1) is 5.92 Å². The van der Waals surface area contributed by atoms with Gasteiger partial charge in [0.05, 0.1) is 0 Å². The van der Waals surface area contributed by atoms with Gasteiger partial charge >= 0.3 is 0 Å². The lowest BCUT2D eigenvalue weighted by Gasteiger charge is -2.22. The Morgan fingerprint density at radius 2 is 1.94 bits per heavy atom. The van der Waals surface area contributed by atoms with Gasteiger partial charge in [0.15, 0.2) is 0 Å².